The van der Waals surface area contributed by atoms with Gasteiger partial charge in [-0.2, -0.15) is 0 Å². The van der Waals surface area contributed by atoms with Crippen molar-refractivity contribution in [2.75, 3.05) is 19.8 Å². The molecule has 4 rings (SSSR count). The van der Waals surface area contributed by atoms with Crippen LogP contribution in [-0.2, 0) is 11.2 Å². The number of carbonyl (C=O) groups excluding carboxylic acids is 1. The van der Waals surface area contributed by atoms with Gasteiger partial charge in [0.25, 0.3) is 5.91 Å². The molecule has 0 aliphatic carbocycles. The predicted octanol–water partition coefficient (Wildman–Crippen LogP) is 3.24. The summed E-state index contributed by atoms with van der Waals surface area (Å²) in [5, 5.41) is 20.1. The molecule has 1 aliphatic rings. The van der Waals surface area contributed by atoms with Crippen LogP contribution in [0.15, 0.2) is 35.3 Å². The van der Waals surface area contributed by atoms with Crippen LogP contribution < -0.4 is 5.43 Å². The van der Waals surface area contributed by atoms with Gasteiger partial charge in [-0.05, 0) is 38.5 Å². The number of benzene rings is 1. The third kappa shape index (κ3) is 4.53. The first kappa shape index (κ1) is 23.1. The summed E-state index contributed by atoms with van der Waals surface area (Å²) in [7, 11) is 0. The monoisotopic (exact) mass is 472 g/mol. The van der Waals surface area contributed by atoms with Crippen LogP contribution in [0.3, 0.4) is 0 Å². The largest absolute Gasteiger partial charge is 0.503 e. The van der Waals surface area contributed by atoms with Crippen LogP contribution in [0.2, 0.25) is 0 Å². The average molecular weight is 473 g/mol. The van der Waals surface area contributed by atoms with Gasteiger partial charge in [0, 0.05) is 31.8 Å². The summed E-state index contributed by atoms with van der Waals surface area (Å²) < 4.78 is 20.4. The third-order valence-corrected chi connectivity index (χ3v) is 6.53. The minimum absolute atomic E-state index is 0.0375. The Hall–Kier alpha value is -3.11. The van der Waals surface area contributed by atoms with E-state index in [4.69, 9.17) is 4.74 Å². The van der Waals surface area contributed by atoms with Gasteiger partial charge in [-0.15, -0.1) is 10.2 Å². The summed E-state index contributed by atoms with van der Waals surface area (Å²) in [6.07, 6.45) is 2.00. The molecule has 0 spiro atoms. The molecule has 3 aromatic rings. The number of hydrogen-bond donors (Lipinski definition) is 1. The van der Waals surface area contributed by atoms with Gasteiger partial charge in [0.2, 0.25) is 5.43 Å². The Morgan fingerprint density at radius 2 is 1.97 bits per heavy atom. The standard InChI is InChI=1S/C23H25FN4O4S/c1-4-32-12-16-10-27(13(2)3)23(31)19-21(30)20(29)17(11-28(16)19)22-26-25-18(33-22)9-14-5-7-15(24)8-6-14/h5-8,11,13,16,30H,4,9-10,12H2,1-3H3/t16-/m1/s1. The van der Waals surface area contributed by atoms with E-state index < -0.39 is 17.1 Å². The molecular formula is C23H25FN4O4S. The number of aromatic hydroxyl groups is 1. The van der Waals surface area contributed by atoms with E-state index in [0.29, 0.717) is 36.2 Å². The summed E-state index contributed by atoms with van der Waals surface area (Å²) in [6, 6.07) is 5.72. The first-order valence-electron chi connectivity index (χ1n) is 10.7. The summed E-state index contributed by atoms with van der Waals surface area (Å²) in [5.74, 6) is -1.31. The van der Waals surface area contributed by atoms with Crippen molar-refractivity contribution in [2.45, 2.75) is 39.3 Å². The fraction of sp³-hybridized carbons (Fsp3) is 0.391. The minimum atomic E-state index is -0.667. The molecule has 2 aromatic heterocycles. The maximum Gasteiger partial charge on any atom is 0.274 e. The zero-order chi connectivity index (χ0) is 23.7. The minimum Gasteiger partial charge on any atom is -0.503 e. The molecule has 0 saturated carbocycles. The molecule has 1 N–H and O–H groups in total. The highest BCUT2D eigenvalue weighted by atomic mass is 32.1. The van der Waals surface area contributed by atoms with E-state index in [2.05, 4.69) is 10.2 Å². The van der Waals surface area contributed by atoms with E-state index in [9.17, 15) is 19.1 Å². The molecule has 174 valence electrons. The van der Waals surface area contributed by atoms with Crippen LogP contribution in [0.5, 0.6) is 5.75 Å². The number of pyridine rings is 1. The second-order valence-electron chi connectivity index (χ2n) is 8.15. The second-order valence-corrected chi connectivity index (χ2v) is 9.21. The van der Waals surface area contributed by atoms with Gasteiger partial charge in [0.1, 0.15) is 10.8 Å². The van der Waals surface area contributed by atoms with Crippen molar-refractivity contribution in [2.24, 2.45) is 0 Å². The summed E-state index contributed by atoms with van der Waals surface area (Å²) in [6.45, 7) is 6.89. The molecule has 10 heteroatoms. The molecule has 8 nitrogen and oxygen atoms in total. The normalized spacial score (nSPS) is 15.8. The molecule has 1 amide bonds. The van der Waals surface area contributed by atoms with Crippen LogP contribution in [0.25, 0.3) is 10.6 Å². The lowest BCUT2D eigenvalue weighted by atomic mass is 10.1. The molecule has 0 radical (unpaired) electrons. The Balaban J connectivity index is 1.73. The van der Waals surface area contributed by atoms with E-state index in [-0.39, 0.29) is 29.2 Å². The summed E-state index contributed by atoms with van der Waals surface area (Å²) in [5.41, 5.74) is 0.330. The summed E-state index contributed by atoms with van der Waals surface area (Å²) >= 11 is 1.22. The molecule has 1 aromatic carbocycles. The Morgan fingerprint density at radius 3 is 2.64 bits per heavy atom. The van der Waals surface area contributed by atoms with E-state index in [1.807, 2.05) is 20.8 Å². The van der Waals surface area contributed by atoms with Gasteiger partial charge < -0.3 is 19.3 Å². The second kappa shape index (κ2) is 9.40. The molecule has 1 atom stereocenters. The maximum absolute atomic E-state index is 13.2. The SMILES string of the molecule is CCOC[C@H]1CN(C(C)C)C(=O)c2c(O)c(=O)c(-c3nnc(Cc4ccc(F)cc4)s3)cn21. The smallest absolute Gasteiger partial charge is 0.274 e. The van der Waals surface area contributed by atoms with Crippen molar-refractivity contribution in [3.8, 4) is 16.3 Å². The van der Waals surface area contributed by atoms with Gasteiger partial charge in [-0.3, -0.25) is 9.59 Å². The van der Waals surface area contributed by atoms with Crippen LogP contribution >= 0.6 is 11.3 Å². The van der Waals surface area contributed by atoms with Crippen molar-refractivity contribution in [3.05, 3.63) is 62.8 Å². The molecule has 0 saturated heterocycles. The Kier molecular flexibility index (Phi) is 6.57. The van der Waals surface area contributed by atoms with Crippen molar-refractivity contribution < 1.29 is 19.0 Å². The maximum atomic E-state index is 13.2. The molecular weight excluding hydrogens is 447 g/mol. The lowest BCUT2D eigenvalue weighted by molar-refractivity contribution is 0.0460. The van der Waals surface area contributed by atoms with Crippen molar-refractivity contribution >= 4 is 17.2 Å². The lowest BCUT2D eigenvalue weighted by Crippen LogP contribution is -2.48. The number of halogens is 1. The van der Waals surface area contributed by atoms with Gasteiger partial charge in [0.15, 0.2) is 16.5 Å². The third-order valence-electron chi connectivity index (χ3n) is 5.58. The number of hydrogen-bond acceptors (Lipinski definition) is 7. The summed E-state index contributed by atoms with van der Waals surface area (Å²) in [4.78, 5) is 27.7. The number of nitrogens with zero attached hydrogens (tertiary/aromatic N) is 4. The molecule has 1 aliphatic heterocycles. The zero-order valence-corrected chi connectivity index (χ0v) is 19.4. The molecule has 33 heavy (non-hydrogen) atoms. The number of fused-ring (bicyclic) bond motifs is 1. The van der Waals surface area contributed by atoms with E-state index >= 15 is 0 Å². The quantitative estimate of drug-likeness (QED) is 0.567. The van der Waals surface area contributed by atoms with Crippen molar-refractivity contribution in [1.29, 1.82) is 0 Å². The molecule has 3 heterocycles. The van der Waals surface area contributed by atoms with Gasteiger partial charge in [-0.25, -0.2) is 4.39 Å². The van der Waals surface area contributed by atoms with E-state index in [1.54, 1.807) is 27.8 Å². The average Bonchev–Trinajstić information content (AvgIpc) is 3.24. The van der Waals surface area contributed by atoms with Crippen LogP contribution in [-0.4, -0.2) is 56.5 Å². The Morgan fingerprint density at radius 1 is 1.24 bits per heavy atom. The number of ether oxygens (including phenoxy) is 1. The number of carbonyl (C=O) groups is 1. The fourth-order valence-corrected chi connectivity index (χ4v) is 4.73. The van der Waals surface area contributed by atoms with E-state index in [1.165, 1.54) is 23.5 Å². The molecule has 0 unspecified atom stereocenters. The fourth-order valence-electron chi connectivity index (χ4n) is 3.85. The zero-order valence-electron chi connectivity index (χ0n) is 18.6. The van der Waals surface area contributed by atoms with Crippen molar-refractivity contribution in [1.82, 2.24) is 19.7 Å². The Labute approximate surface area is 194 Å². The van der Waals surface area contributed by atoms with Crippen LogP contribution in [0.4, 0.5) is 4.39 Å². The van der Waals surface area contributed by atoms with Crippen molar-refractivity contribution in [3.63, 3.8) is 0 Å². The van der Waals surface area contributed by atoms with Gasteiger partial charge >= 0.3 is 0 Å². The number of aromatic nitrogens is 3. The highest BCUT2D eigenvalue weighted by Gasteiger charge is 2.36. The molecule has 0 bridgehead atoms. The topological polar surface area (TPSA) is 97.6 Å². The Bertz CT molecular complexity index is 1220. The number of amides is 1. The van der Waals surface area contributed by atoms with Crippen LogP contribution in [0.1, 0.15) is 47.9 Å². The van der Waals surface area contributed by atoms with Gasteiger partial charge in [-0.1, -0.05) is 23.5 Å². The predicted molar refractivity (Wildman–Crippen MR) is 122 cm³/mol. The van der Waals surface area contributed by atoms with Crippen LogP contribution in [0, 0.1) is 5.82 Å². The highest BCUT2D eigenvalue weighted by Crippen LogP contribution is 2.31. The lowest BCUT2D eigenvalue weighted by Gasteiger charge is -2.38. The highest BCUT2D eigenvalue weighted by molar-refractivity contribution is 7.14. The van der Waals surface area contributed by atoms with E-state index in [0.717, 1.165) is 5.56 Å². The first-order valence-corrected chi connectivity index (χ1v) is 11.6. The first-order chi connectivity index (χ1) is 15.8. The van der Waals surface area contributed by atoms with Gasteiger partial charge in [0.05, 0.1) is 18.2 Å². The molecule has 0 fully saturated rings. The number of rotatable bonds is 7.